The Bertz CT molecular complexity index is 965. The first-order valence-corrected chi connectivity index (χ1v) is 10.2. The van der Waals surface area contributed by atoms with Gasteiger partial charge in [-0.1, -0.05) is 36.4 Å². The lowest BCUT2D eigenvalue weighted by molar-refractivity contribution is 0.0746. The molecule has 1 heterocycles. The topological polar surface area (TPSA) is 42.0 Å². The van der Waals surface area contributed by atoms with Crippen molar-refractivity contribution in [3.8, 4) is 11.5 Å². The molecule has 0 aliphatic carbocycles. The number of carbonyl (C=O) groups excluding carboxylic acids is 1. The van der Waals surface area contributed by atoms with Gasteiger partial charge in [0.05, 0.1) is 7.11 Å². The Labute approximate surface area is 177 Å². The lowest BCUT2D eigenvalue weighted by Crippen LogP contribution is -2.48. The van der Waals surface area contributed by atoms with E-state index in [9.17, 15) is 4.79 Å². The summed E-state index contributed by atoms with van der Waals surface area (Å²) < 4.78 is 11.1. The molecule has 1 aliphatic rings. The van der Waals surface area contributed by atoms with Crippen LogP contribution in [0.5, 0.6) is 11.5 Å². The number of methoxy groups -OCH3 is 1. The summed E-state index contributed by atoms with van der Waals surface area (Å²) in [6, 6.07) is 25.5. The fourth-order valence-electron chi connectivity index (χ4n) is 3.58. The number of nitrogens with zero attached hydrogens (tertiary/aromatic N) is 2. The van der Waals surface area contributed by atoms with E-state index in [0.717, 1.165) is 35.8 Å². The summed E-state index contributed by atoms with van der Waals surface area (Å²) in [4.78, 5) is 17.1. The maximum Gasteiger partial charge on any atom is 0.253 e. The molecule has 0 atom stereocenters. The third-order valence-corrected chi connectivity index (χ3v) is 5.33. The van der Waals surface area contributed by atoms with Crippen molar-refractivity contribution in [2.24, 2.45) is 0 Å². The van der Waals surface area contributed by atoms with Gasteiger partial charge in [0.25, 0.3) is 5.91 Å². The fourth-order valence-corrected chi connectivity index (χ4v) is 3.58. The molecule has 0 bridgehead atoms. The van der Waals surface area contributed by atoms with E-state index in [4.69, 9.17) is 9.47 Å². The van der Waals surface area contributed by atoms with Crippen molar-refractivity contribution in [1.29, 1.82) is 0 Å². The Hall–Kier alpha value is -3.47. The van der Waals surface area contributed by atoms with Gasteiger partial charge in [0.15, 0.2) is 0 Å². The normalized spacial score (nSPS) is 13.8. The average Bonchev–Trinajstić information content (AvgIpc) is 2.83. The first-order valence-electron chi connectivity index (χ1n) is 10.2. The smallest absolute Gasteiger partial charge is 0.253 e. The third kappa shape index (κ3) is 4.74. The van der Waals surface area contributed by atoms with Gasteiger partial charge in [-0.3, -0.25) is 4.79 Å². The first kappa shape index (κ1) is 19.8. The van der Waals surface area contributed by atoms with Gasteiger partial charge in [0.1, 0.15) is 18.1 Å². The molecule has 1 fully saturated rings. The number of amides is 1. The minimum absolute atomic E-state index is 0.0795. The van der Waals surface area contributed by atoms with E-state index >= 15 is 0 Å². The van der Waals surface area contributed by atoms with Crippen LogP contribution in [0.25, 0.3) is 0 Å². The minimum atomic E-state index is 0.0795. The summed E-state index contributed by atoms with van der Waals surface area (Å²) in [6.07, 6.45) is 0. The third-order valence-electron chi connectivity index (χ3n) is 5.33. The maximum absolute atomic E-state index is 12.9. The number of ether oxygens (including phenoxy) is 2. The number of hydrogen-bond acceptors (Lipinski definition) is 4. The van der Waals surface area contributed by atoms with Crippen LogP contribution >= 0.6 is 0 Å². The molecule has 0 aromatic heterocycles. The number of rotatable bonds is 6. The molecule has 0 spiro atoms. The Balaban J connectivity index is 1.31. The van der Waals surface area contributed by atoms with Crippen LogP contribution in [0.3, 0.4) is 0 Å². The Kier molecular flexibility index (Phi) is 6.18. The van der Waals surface area contributed by atoms with Crippen LogP contribution in [0.15, 0.2) is 78.9 Å². The van der Waals surface area contributed by atoms with Crippen LogP contribution in [0, 0.1) is 0 Å². The maximum atomic E-state index is 12.9. The van der Waals surface area contributed by atoms with Gasteiger partial charge in [-0.05, 0) is 42.0 Å². The second-order valence-corrected chi connectivity index (χ2v) is 7.28. The van der Waals surface area contributed by atoms with Crippen LogP contribution in [0.2, 0.25) is 0 Å². The summed E-state index contributed by atoms with van der Waals surface area (Å²) in [6.45, 7) is 3.51. The Morgan fingerprint density at radius 2 is 1.53 bits per heavy atom. The summed E-state index contributed by atoms with van der Waals surface area (Å²) in [7, 11) is 1.68. The molecule has 30 heavy (non-hydrogen) atoms. The van der Waals surface area contributed by atoms with Gasteiger partial charge in [0, 0.05) is 43.5 Å². The molecular weight excluding hydrogens is 376 g/mol. The molecule has 0 unspecified atom stereocenters. The molecule has 0 radical (unpaired) electrons. The molecule has 0 saturated carbocycles. The Morgan fingerprint density at radius 1 is 0.833 bits per heavy atom. The first-order chi connectivity index (χ1) is 14.7. The fraction of sp³-hybridized carbons (Fsp3) is 0.240. The monoisotopic (exact) mass is 402 g/mol. The quantitative estimate of drug-likeness (QED) is 0.619. The highest BCUT2D eigenvalue weighted by molar-refractivity contribution is 5.94. The van der Waals surface area contributed by atoms with E-state index in [1.807, 2.05) is 77.7 Å². The van der Waals surface area contributed by atoms with E-state index in [0.29, 0.717) is 25.3 Å². The molecule has 1 saturated heterocycles. The highest BCUT2D eigenvalue weighted by atomic mass is 16.5. The summed E-state index contributed by atoms with van der Waals surface area (Å²) >= 11 is 0. The molecule has 5 heteroatoms. The van der Waals surface area contributed by atoms with Crippen molar-refractivity contribution < 1.29 is 14.3 Å². The highest BCUT2D eigenvalue weighted by Crippen LogP contribution is 2.22. The number of hydrogen-bond donors (Lipinski definition) is 0. The van der Waals surface area contributed by atoms with Crippen LogP contribution in [-0.2, 0) is 6.61 Å². The second kappa shape index (κ2) is 9.35. The molecule has 4 rings (SSSR count). The standard InChI is InChI=1S/C25H26N2O3/c1-29-24-9-5-6-22(18-24)26-14-16-27(17-15-26)25(28)21-12-10-20(11-13-21)19-30-23-7-3-2-4-8-23/h2-13,18H,14-17,19H2,1H3. The van der Waals surface area contributed by atoms with Crippen LogP contribution in [0.1, 0.15) is 15.9 Å². The van der Waals surface area contributed by atoms with E-state index in [1.54, 1.807) is 7.11 Å². The van der Waals surface area contributed by atoms with E-state index < -0.39 is 0 Å². The molecule has 3 aromatic rings. The van der Waals surface area contributed by atoms with Crippen molar-refractivity contribution in [2.45, 2.75) is 6.61 Å². The van der Waals surface area contributed by atoms with Gasteiger partial charge in [0.2, 0.25) is 0 Å². The molecule has 0 N–H and O–H groups in total. The molecular formula is C25H26N2O3. The predicted octanol–water partition coefficient (Wildman–Crippen LogP) is 4.24. The molecule has 5 nitrogen and oxygen atoms in total. The number of para-hydroxylation sites is 1. The van der Waals surface area contributed by atoms with Gasteiger partial charge in [-0.25, -0.2) is 0 Å². The van der Waals surface area contributed by atoms with Gasteiger partial charge < -0.3 is 19.3 Å². The van der Waals surface area contributed by atoms with Crippen LogP contribution < -0.4 is 14.4 Å². The zero-order valence-electron chi connectivity index (χ0n) is 17.2. The van der Waals surface area contributed by atoms with Crippen molar-refractivity contribution in [2.75, 3.05) is 38.2 Å². The van der Waals surface area contributed by atoms with Crippen molar-refractivity contribution in [3.05, 3.63) is 90.0 Å². The van der Waals surface area contributed by atoms with Crippen molar-refractivity contribution in [1.82, 2.24) is 4.90 Å². The lowest BCUT2D eigenvalue weighted by Gasteiger charge is -2.36. The van der Waals surface area contributed by atoms with Crippen LogP contribution in [0.4, 0.5) is 5.69 Å². The summed E-state index contributed by atoms with van der Waals surface area (Å²) in [5.41, 5.74) is 2.88. The van der Waals surface area contributed by atoms with Crippen LogP contribution in [-0.4, -0.2) is 44.1 Å². The Morgan fingerprint density at radius 3 is 2.23 bits per heavy atom. The average molecular weight is 402 g/mol. The summed E-state index contributed by atoms with van der Waals surface area (Å²) in [5, 5.41) is 0. The number of carbonyl (C=O) groups is 1. The zero-order chi connectivity index (χ0) is 20.8. The second-order valence-electron chi connectivity index (χ2n) is 7.28. The zero-order valence-corrected chi connectivity index (χ0v) is 17.2. The van der Waals surface area contributed by atoms with E-state index in [2.05, 4.69) is 11.0 Å². The molecule has 154 valence electrons. The molecule has 3 aromatic carbocycles. The van der Waals surface area contributed by atoms with Crippen molar-refractivity contribution >= 4 is 11.6 Å². The number of piperazine rings is 1. The SMILES string of the molecule is COc1cccc(N2CCN(C(=O)c3ccc(COc4ccccc4)cc3)CC2)c1. The number of anilines is 1. The van der Waals surface area contributed by atoms with Gasteiger partial charge in [-0.2, -0.15) is 0 Å². The minimum Gasteiger partial charge on any atom is -0.497 e. The molecule has 1 amide bonds. The predicted molar refractivity (Wildman–Crippen MR) is 118 cm³/mol. The summed E-state index contributed by atoms with van der Waals surface area (Å²) in [5.74, 6) is 1.77. The van der Waals surface area contributed by atoms with E-state index in [1.165, 1.54) is 0 Å². The van der Waals surface area contributed by atoms with E-state index in [-0.39, 0.29) is 5.91 Å². The highest BCUT2D eigenvalue weighted by Gasteiger charge is 2.22. The largest absolute Gasteiger partial charge is 0.497 e. The van der Waals surface area contributed by atoms with Gasteiger partial charge in [-0.15, -0.1) is 0 Å². The van der Waals surface area contributed by atoms with Gasteiger partial charge >= 0.3 is 0 Å². The van der Waals surface area contributed by atoms with Crippen molar-refractivity contribution in [3.63, 3.8) is 0 Å². The lowest BCUT2D eigenvalue weighted by atomic mass is 10.1. The molecule has 1 aliphatic heterocycles. The number of benzene rings is 3.